The smallest absolute Gasteiger partial charge is 0.196 e. The third-order valence-corrected chi connectivity index (χ3v) is 3.42. The summed E-state index contributed by atoms with van der Waals surface area (Å²) in [6.45, 7) is 0. The van der Waals surface area contributed by atoms with E-state index in [9.17, 15) is 13.6 Å². The number of hydrogen-bond donors (Lipinski definition) is 0. The van der Waals surface area contributed by atoms with Gasteiger partial charge in [-0.15, -0.1) is 0 Å². The average molecular weight is 366 g/mol. The fourth-order valence-electron chi connectivity index (χ4n) is 1.54. The lowest BCUT2D eigenvalue weighted by Gasteiger charge is -2.05. The zero-order valence-electron chi connectivity index (χ0n) is 9.18. The summed E-state index contributed by atoms with van der Waals surface area (Å²) >= 11 is 14.4. The van der Waals surface area contributed by atoms with E-state index in [1.54, 1.807) is 0 Å². The van der Waals surface area contributed by atoms with Crippen LogP contribution in [0.1, 0.15) is 15.9 Å². The first-order valence-corrected chi connectivity index (χ1v) is 6.58. The van der Waals surface area contributed by atoms with E-state index in [0.29, 0.717) is 0 Å². The van der Waals surface area contributed by atoms with Crippen LogP contribution in [-0.4, -0.2) is 5.78 Å². The molecule has 0 aliphatic heterocycles. The molecule has 0 bridgehead atoms. The van der Waals surface area contributed by atoms with Crippen LogP contribution in [0.3, 0.4) is 0 Å². The summed E-state index contributed by atoms with van der Waals surface area (Å²) in [6.07, 6.45) is 0. The number of benzene rings is 2. The molecule has 0 saturated carbocycles. The van der Waals surface area contributed by atoms with Crippen LogP contribution in [0, 0.1) is 11.6 Å². The Kier molecular flexibility index (Phi) is 4.23. The highest BCUT2D eigenvalue weighted by atomic mass is 79.9. The van der Waals surface area contributed by atoms with Crippen LogP contribution in [0.2, 0.25) is 10.0 Å². The van der Waals surface area contributed by atoms with Crippen molar-refractivity contribution in [3.63, 3.8) is 0 Å². The van der Waals surface area contributed by atoms with Gasteiger partial charge in [-0.3, -0.25) is 4.79 Å². The zero-order chi connectivity index (χ0) is 14.2. The van der Waals surface area contributed by atoms with Gasteiger partial charge in [0.2, 0.25) is 0 Å². The normalized spacial score (nSPS) is 10.6. The van der Waals surface area contributed by atoms with Gasteiger partial charge in [0.05, 0.1) is 10.0 Å². The quantitative estimate of drug-likeness (QED) is 0.523. The Balaban J connectivity index is 2.53. The molecule has 0 amide bonds. The maximum Gasteiger partial charge on any atom is 0.196 e. The average Bonchev–Trinajstić information content (AvgIpc) is 2.31. The molecule has 2 aromatic rings. The molecule has 0 radical (unpaired) electrons. The summed E-state index contributed by atoms with van der Waals surface area (Å²) in [6, 6.07) is 5.86. The van der Waals surface area contributed by atoms with E-state index in [0.717, 1.165) is 12.1 Å². The molecule has 0 atom stereocenters. The van der Waals surface area contributed by atoms with Gasteiger partial charge >= 0.3 is 0 Å². The maximum atomic E-state index is 13.7. The molecular weight excluding hydrogens is 361 g/mol. The third-order valence-electron chi connectivity index (χ3n) is 2.38. The van der Waals surface area contributed by atoms with E-state index in [1.165, 1.54) is 18.2 Å². The second-order valence-electron chi connectivity index (χ2n) is 3.73. The van der Waals surface area contributed by atoms with Gasteiger partial charge in [0.15, 0.2) is 5.78 Å². The Labute approximate surface area is 126 Å². The van der Waals surface area contributed by atoms with Crippen LogP contribution in [0.5, 0.6) is 0 Å². The molecule has 0 aliphatic carbocycles. The molecule has 0 saturated heterocycles. The third kappa shape index (κ3) is 3.14. The molecule has 0 heterocycles. The molecule has 19 heavy (non-hydrogen) atoms. The summed E-state index contributed by atoms with van der Waals surface area (Å²) in [5, 5.41) is 0.489. The van der Waals surface area contributed by atoms with E-state index in [2.05, 4.69) is 15.9 Å². The van der Waals surface area contributed by atoms with Crippen molar-refractivity contribution >= 4 is 44.9 Å². The second-order valence-corrected chi connectivity index (χ2v) is 5.46. The molecule has 1 nitrogen and oxygen atoms in total. The number of carbonyl (C=O) groups excluding carboxylic acids is 1. The Hall–Kier alpha value is -0.970. The van der Waals surface area contributed by atoms with Gasteiger partial charge in [0.1, 0.15) is 11.6 Å². The number of rotatable bonds is 2. The monoisotopic (exact) mass is 364 g/mol. The molecule has 0 aromatic heterocycles. The predicted octanol–water partition coefficient (Wildman–Crippen LogP) is 5.27. The minimum absolute atomic E-state index is 0.0503. The first-order chi connectivity index (χ1) is 8.88. The summed E-state index contributed by atoms with van der Waals surface area (Å²) in [5.41, 5.74) is -0.280. The van der Waals surface area contributed by atoms with Crippen molar-refractivity contribution in [2.75, 3.05) is 0 Å². The fraction of sp³-hybridized carbons (Fsp3) is 0. The van der Waals surface area contributed by atoms with Crippen LogP contribution >= 0.6 is 39.1 Å². The lowest BCUT2D eigenvalue weighted by Crippen LogP contribution is -2.05. The first kappa shape index (κ1) is 14.4. The van der Waals surface area contributed by atoms with E-state index < -0.39 is 17.4 Å². The van der Waals surface area contributed by atoms with E-state index in [4.69, 9.17) is 23.2 Å². The summed E-state index contributed by atoms with van der Waals surface area (Å²) in [5.74, 6) is -2.24. The summed E-state index contributed by atoms with van der Waals surface area (Å²) < 4.78 is 27.0. The molecule has 98 valence electrons. The van der Waals surface area contributed by atoms with Gasteiger partial charge in [-0.2, -0.15) is 0 Å². The van der Waals surface area contributed by atoms with Gasteiger partial charge in [0, 0.05) is 15.6 Å². The van der Waals surface area contributed by atoms with Gasteiger partial charge in [-0.1, -0.05) is 23.2 Å². The van der Waals surface area contributed by atoms with Gasteiger partial charge in [-0.25, -0.2) is 8.78 Å². The van der Waals surface area contributed by atoms with E-state index in [1.807, 2.05) is 0 Å². The SMILES string of the molecule is O=C(c1cc(Cl)cc(Cl)c1)c1cc(F)c(Br)cc1F. The number of carbonyl (C=O) groups is 1. The number of hydrogen-bond acceptors (Lipinski definition) is 1. The minimum atomic E-state index is -0.825. The molecule has 2 rings (SSSR count). The highest BCUT2D eigenvalue weighted by Crippen LogP contribution is 2.25. The fourth-order valence-corrected chi connectivity index (χ4v) is 2.38. The van der Waals surface area contributed by atoms with Gasteiger partial charge < -0.3 is 0 Å². The van der Waals surface area contributed by atoms with Gasteiger partial charge in [0.25, 0.3) is 0 Å². The van der Waals surface area contributed by atoms with Crippen molar-refractivity contribution in [3.8, 4) is 0 Å². The Morgan fingerprint density at radius 1 is 0.947 bits per heavy atom. The molecule has 0 spiro atoms. The number of halogens is 5. The molecule has 6 heteroatoms. The maximum absolute atomic E-state index is 13.7. The highest BCUT2D eigenvalue weighted by Gasteiger charge is 2.17. The Bertz CT molecular complexity index is 654. The lowest BCUT2D eigenvalue weighted by atomic mass is 10.0. The van der Waals surface area contributed by atoms with Crippen molar-refractivity contribution in [1.29, 1.82) is 0 Å². The molecule has 0 N–H and O–H groups in total. The van der Waals surface area contributed by atoms with Crippen molar-refractivity contribution in [3.05, 3.63) is 67.6 Å². The molecule has 0 unspecified atom stereocenters. The Morgan fingerprint density at radius 2 is 1.53 bits per heavy atom. The van der Waals surface area contributed by atoms with Crippen molar-refractivity contribution in [2.45, 2.75) is 0 Å². The van der Waals surface area contributed by atoms with E-state index >= 15 is 0 Å². The van der Waals surface area contributed by atoms with Crippen molar-refractivity contribution < 1.29 is 13.6 Å². The van der Waals surface area contributed by atoms with Crippen molar-refractivity contribution in [2.24, 2.45) is 0 Å². The predicted molar refractivity (Wildman–Crippen MR) is 74.0 cm³/mol. The van der Waals surface area contributed by atoms with Crippen LogP contribution in [0.4, 0.5) is 8.78 Å². The van der Waals surface area contributed by atoms with Crippen LogP contribution in [0.15, 0.2) is 34.8 Å². The Morgan fingerprint density at radius 3 is 2.11 bits per heavy atom. The minimum Gasteiger partial charge on any atom is -0.288 e. The molecular formula is C13H5BrCl2F2O. The summed E-state index contributed by atoms with van der Waals surface area (Å²) in [4.78, 5) is 12.1. The topological polar surface area (TPSA) is 17.1 Å². The van der Waals surface area contributed by atoms with Crippen LogP contribution in [-0.2, 0) is 0 Å². The zero-order valence-corrected chi connectivity index (χ0v) is 12.3. The van der Waals surface area contributed by atoms with Crippen LogP contribution in [0.25, 0.3) is 0 Å². The van der Waals surface area contributed by atoms with Gasteiger partial charge in [-0.05, 0) is 46.3 Å². The molecule has 2 aromatic carbocycles. The first-order valence-electron chi connectivity index (χ1n) is 5.04. The second kappa shape index (κ2) is 5.57. The highest BCUT2D eigenvalue weighted by molar-refractivity contribution is 9.10. The largest absolute Gasteiger partial charge is 0.288 e. The molecule has 0 fully saturated rings. The standard InChI is InChI=1S/C13H5BrCl2F2O/c14-10-5-11(17)9(4-12(10)18)13(19)6-1-7(15)3-8(16)2-6/h1-5H. The van der Waals surface area contributed by atoms with Crippen LogP contribution < -0.4 is 0 Å². The van der Waals surface area contributed by atoms with Crippen molar-refractivity contribution in [1.82, 2.24) is 0 Å². The molecule has 0 aliphatic rings. The lowest BCUT2D eigenvalue weighted by molar-refractivity contribution is 0.103. The number of ketones is 1. The van der Waals surface area contributed by atoms with E-state index in [-0.39, 0.29) is 25.6 Å². The summed E-state index contributed by atoms with van der Waals surface area (Å²) in [7, 11) is 0.